The van der Waals surface area contributed by atoms with Crippen molar-refractivity contribution in [2.45, 2.75) is 0 Å². The quantitative estimate of drug-likeness (QED) is 0.801. The van der Waals surface area contributed by atoms with Crippen LogP contribution in [-0.2, 0) is 0 Å². The van der Waals surface area contributed by atoms with Crippen LogP contribution < -0.4 is 0 Å². The number of carboxylic acid groups (broad SMARTS) is 1. The van der Waals surface area contributed by atoms with E-state index in [1.165, 1.54) is 22.9 Å². The van der Waals surface area contributed by atoms with E-state index in [1.807, 2.05) is 0 Å². The predicted octanol–water partition coefficient (Wildman–Crippen LogP) is 3.38. The molecule has 1 N–H and O–H groups in total. The third kappa shape index (κ3) is 2.53. The molecule has 0 atom stereocenters. The Bertz CT molecular complexity index is 811. The summed E-state index contributed by atoms with van der Waals surface area (Å²) < 4.78 is 15.3. The first-order valence-electron chi connectivity index (χ1n) is 6.29. The number of aromatic carboxylic acids is 1. The van der Waals surface area contributed by atoms with Crippen molar-refractivity contribution < 1.29 is 14.3 Å². The van der Waals surface area contributed by atoms with Crippen LogP contribution >= 0.6 is 0 Å². The monoisotopic (exact) mass is 282 g/mol. The van der Waals surface area contributed by atoms with Gasteiger partial charge in [-0.25, -0.2) is 13.9 Å². The van der Waals surface area contributed by atoms with Crippen LogP contribution in [0.2, 0.25) is 0 Å². The highest BCUT2D eigenvalue weighted by Crippen LogP contribution is 2.21. The normalized spacial score (nSPS) is 10.5. The average molecular weight is 282 g/mol. The molecule has 0 bridgehead atoms. The molecule has 0 spiro atoms. The molecule has 104 valence electrons. The minimum absolute atomic E-state index is 0.176. The molecular weight excluding hydrogens is 271 g/mol. The number of benzene rings is 2. The summed E-state index contributed by atoms with van der Waals surface area (Å²) in [7, 11) is 0. The Labute approximate surface area is 120 Å². The fraction of sp³-hybridized carbons (Fsp3) is 0. The van der Waals surface area contributed by atoms with E-state index in [2.05, 4.69) is 5.10 Å². The molecule has 0 unspecified atom stereocenters. The van der Waals surface area contributed by atoms with Crippen LogP contribution in [0, 0.1) is 5.82 Å². The second-order valence-electron chi connectivity index (χ2n) is 4.48. The minimum atomic E-state index is -1.00. The van der Waals surface area contributed by atoms with Crippen LogP contribution in [0.3, 0.4) is 0 Å². The molecule has 0 saturated carbocycles. The van der Waals surface area contributed by atoms with Gasteiger partial charge in [-0.05, 0) is 36.4 Å². The molecule has 0 radical (unpaired) electrons. The van der Waals surface area contributed by atoms with Crippen LogP contribution in [0.4, 0.5) is 4.39 Å². The SMILES string of the molecule is O=C(O)c1cccc(-n2ccc(-c3ccccc3F)n2)c1. The average Bonchev–Trinajstić information content (AvgIpc) is 2.97. The number of halogens is 1. The van der Waals surface area contributed by atoms with E-state index < -0.39 is 5.97 Å². The highest BCUT2D eigenvalue weighted by molar-refractivity contribution is 5.88. The van der Waals surface area contributed by atoms with Gasteiger partial charge in [0.15, 0.2) is 0 Å². The van der Waals surface area contributed by atoms with E-state index in [0.717, 1.165) is 0 Å². The van der Waals surface area contributed by atoms with Gasteiger partial charge in [0.1, 0.15) is 5.82 Å². The number of carboxylic acids is 1. The topological polar surface area (TPSA) is 55.1 Å². The van der Waals surface area contributed by atoms with Gasteiger partial charge in [-0.1, -0.05) is 18.2 Å². The molecule has 0 aliphatic rings. The maximum atomic E-state index is 13.7. The lowest BCUT2D eigenvalue weighted by Gasteiger charge is -2.03. The lowest BCUT2D eigenvalue weighted by atomic mass is 10.1. The van der Waals surface area contributed by atoms with Gasteiger partial charge in [0.25, 0.3) is 0 Å². The molecule has 0 fully saturated rings. The largest absolute Gasteiger partial charge is 0.478 e. The van der Waals surface area contributed by atoms with Crippen LogP contribution in [0.1, 0.15) is 10.4 Å². The maximum Gasteiger partial charge on any atom is 0.335 e. The Balaban J connectivity index is 2.01. The lowest BCUT2D eigenvalue weighted by molar-refractivity contribution is 0.0697. The summed E-state index contributed by atoms with van der Waals surface area (Å²) in [6.07, 6.45) is 1.67. The zero-order valence-corrected chi connectivity index (χ0v) is 10.9. The molecule has 0 saturated heterocycles. The molecule has 2 aromatic carbocycles. The Kier molecular flexibility index (Phi) is 3.23. The summed E-state index contributed by atoms with van der Waals surface area (Å²) >= 11 is 0. The standard InChI is InChI=1S/C16H11FN2O2/c17-14-7-2-1-6-13(14)15-8-9-19(18-15)12-5-3-4-11(10-12)16(20)21/h1-10H,(H,20,21). The maximum absolute atomic E-state index is 13.7. The van der Waals surface area contributed by atoms with Gasteiger partial charge >= 0.3 is 5.97 Å². The molecule has 1 heterocycles. The van der Waals surface area contributed by atoms with Crippen LogP contribution in [0.25, 0.3) is 16.9 Å². The van der Waals surface area contributed by atoms with Crippen molar-refractivity contribution in [3.63, 3.8) is 0 Å². The van der Waals surface area contributed by atoms with Crippen molar-refractivity contribution >= 4 is 5.97 Å². The molecule has 3 rings (SSSR count). The second kappa shape index (κ2) is 5.20. The Morgan fingerprint density at radius 3 is 2.67 bits per heavy atom. The molecule has 3 aromatic rings. The summed E-state index contributed by atoms with van der Waals surface area (Å²) in [5.74, 6) is -1.35. The molecule has 5 heteroatoms. The summed E-state index contributed by atoms with van der Waals surface area (Å²) in [5.41, 5.74) is 1.69. The smallest absolute Gasteiger partial charge is 0.335 e. The first kappa shape index (κ1) is 13.1. The van der Waals surface area contributed by atoms with Crippen molar-refractivity contribution in [3.05, 3.63) is 72.2 Å². The van der Waals surface area contributed by atoms with E-state index >= 15 is 0 Å². The molecule has 1 aromatic heterocycles. The first-order valence-corrected chi connectivity index (χ1v) is 6.29. The number of aromatic nitrogens is 2. The number of rotatable bonds is 3. The van der Waals surface area contributed by atoms with E-state index in [4.69, 9.17) is 5.11 Å². The Morgan fingerprint density at radius 1 is 1.10 bits per heavy atom. The van der Waals surface area contributed by atoms with Crippen molar-refractivity contribution in [1.82, 2.24) is 9.78 Å². The second-order valence-corrected chi connectivity index (χ2v) is 4.48. The summed E-state index contributed by atoms with van der Waals surface area (Å²) in [5, 5.41) is 13.3. The number of carbonyl (C=O) groups is 1. The summed E-state index contributed by atoms with van der Waals surface area (Å²) in [4.78, 5) is 11.0. The Hall–Kier alpha value is -2.95. The zero-order chi connectivity index (χ0) is 14.8. The van der Waals surface area contributed by atoms with Crippen LogP contribution in [-0.4, -0.2) is 20.9 Å². The van der Waals surface area contributed by atoms with E-state index in [9.17, 15) is 9.18 Å². The van der Waals surface area contributed by atoms with Gasteiger partial charge < -0.3 is 5.11 Å². The predicted molar refractivity (Wildman–Crippen MR) is 75.9 cm³/mol. The van der Waals surface area contributed by atoms with Crippen molar-refractivity contribution in [2.75, 3.05) is 0 Å². The molecule has 0 amide bonds. The number of hydrogen-bond acceptors (Lipinski definition) is 2. The fourth-order valence-electron chi connectivity index (χ4n) is 2.06. The number of hydrogen-bond donors (Lipinski definition) is 1. The van der Waals surface area contributed by atoms with E-state index in [-0.39, 0.29) is 11.4 Å². The third-order valence-electron chi connectivity index (χ3n) is 3.10. The molecular formula is C16H11FN2O2. The Morgan fingerprint density at radius 2 is 1.90 bits per heavy atom. The van der Waals surface area contributed by atoms with Crippen molar-refractivity contribution in [2.24, 2.45) is 0 Å². The van der Waals surface area contributed by atoms with Gasteiger partial charge in [0.05, 0.1) is 16.9 Å². The van der Waals surface area contributed by atoms with E-state index in [0.29, 0.717) is 16.9 Å². The number of nitrogens with zero attached hydrogens (tertiary/aromatic N) is 2. The van der Waals surface area contributed by atoms with Crippen LogP contribution in [0.5, 0.6) is 0 Å². The molecule has 0 aliphatic heterocycles. The van der Waals surface area contributed by atoms with Gasteiger partial charge in [0, 0.05) is 11.8 Å². The van der Waals surface area contributed by atoms with Crippen molar-refractivity contribution in [1.29, 1.82) is 0 Å². The van der Waals surface area contributed by atoms with Crippen LogP contribution in [0.15, 0.2) is 60.8 Å². The van der Waals surface area contributed by atoms with Gasteiger partial charge in [-0.3, -0.25) is 0 Å². The lowest BCUT2D eigenvalue weighted by Crippen LogP contribution is -2.00. The third-order valence-corrected chi connectivity index (χ3v) is 3.10. The molecule has 21 heavy (non-hydrogen) atoms. The first-order chi connectivity index (χ1) is 10.1. The van der Waals surface area contributed by atoms with Gasteiger partial charge in [-0.2, -0.15) is 5.10 Å². The molecule has 4 nitrogen and oxygen atoms in total. The highest BCUT2D eigenvalue weighted by Gasteiger charge is 2.09. The van der Waals surface area contributed by atoms with Gasteiger partial charge in [-0.15, -0.1) is 0 Å². The zero-order valence-electron chi connectivity index (χ0n) is 10.9. The van der Waals surface area contributed by atoms with Crippen molar-refractivity contribution in [3.8, 4) is 16.9 Å². The van der Waals surface area contributed by atoms with E-state index in [1.54, 1.807) is 42.6 Å². The molecule has 0 aliphatic carbocycles. The minimum Gasteiger partial charge on any atom is -0.478 e. The fourth-order valence-corrected chi connectivity index (χ4v) is 2.06. The summed E-state index contributed by atoms with van der Waals surface area (Å²) in [6, 6.07) is 14.5. The van der Waals surface area contributed by atoms with Gasteiger partial charge in [0.2, 0.25) is 0 Å². The highest BCUT2D eigenvalue weighted by atomic mass is 19.1. The summed E-state index contributed by atoms with van der Waals surface area (Å²) in [6.45, 7) is 0.